The van der Waals surface area contributed by atoms with E-state index in [9.17, 15) is 4.79 Å². The maximum atomic E-state index is 12.4. The number of hydrogen-bond acceptors (Lipinski definition) is 3. The molecule has 0 aliphatic heterocycles. The Morgan fingerprint density at radius 3 is 2.32 bits per heavy atom. The van der Waals surface area contributed by atoms with Crippen molar-refractivity contribution in [3.8, 4) is 0 Å². The molecule has 0 aromatic carbocycles. The number of carbonyl (C=O) groups is 1. The van der Waals surface area contributed by atoms with E-state index < -0.39 is 5.60 Å². The summed E-state index contributed by atoms with van der Waals surface area (Å²) < 4.78 is 12.1. The molecule has 4 aliphatic carbocycles. The van der Waals surface area contributed by atoms with Crippen LogP contribution in [0.15, 0.2) is 0 Å². The van der Waals surface area contributed by atoms with Gasteiger partial charge in [0.2, 0.25) is 0 Å². The predicted octanol–water partition coefficient (Wildman–Crippen LogP) is 4.34. The standard InChI is InChI=1S/C19H32O3/c1-6-13(2)16(20)22-17(3,4)18-8-14-7-15(9-18)11-19(10-14,12-18)21-5/h13-15H,6-12H2,1-5H3. The second kappa shape index (κ2) is 5.22. The number of methoxy groups -OCH3 is 1. The van der Waals surface area contributed by atoms with Crippen LogP contribution in [0.3, 0.4) is 0 Å². The minimum atomic E-state index is -0.394. The van der Waals surface area contributed by atoms with E-state index in [-0.39, 0.29) is 22.9 Å². The SMILES string of the molecule is CCC(C)C(=O)OC(C)(C)C12CC3CC(CC(OC)(C3)C1)C2. The van der Waals surface area contributed by atoms with E-state index in [0.717, 1.165) is 24.7 Å². The van der Waals surface area contributed by atoms with E-state index in [1.165, 1.54) is 32.1 Å². The number of ether oxygens (including phenoxy) is 2. The lowest BCUT2D eigenvalue weighted by Crippen LogP contribution is -2.63. The van der Waals surface area contributed by atoms with Crippen LogP contribution in [0.2, 0.25) is 0 Å². The first-order valence-electron chi connectivity index (χ1n) is 9.03. The summed E-state index contributed by atoms with van der Waals surface area (Å²) in [5.41, 5.74) is -0.241. The molecule has 4 saturated carbocycles. The average molecular weight is 308 g/mol. The van der Waals surface area contributed by atoms with Crippen molar-refractivity contribution < 1.29 is 14.3 Å². The van der Waals surface area contributed by atoms with Gasteiger partial charge in [-0.05, 0) is 70.6 Å². The monoisotopic (exact) mass is 308 g/mol. The largest absolute Gasteiger partial charge is 0.459 e. The van der Waals surface area contributed by atoms with E-state index in [2.05, 4.69) is 13.8 Å². The fourth-order valence-electron chi connectivity index (χ4n) is 5.75. The minimum absolute atomic E-state index is 0.00965. The van der Waals surface area contributed by atoms with Crippen molar-refractivity contribution in [2.75, 3.05) is 7.11 Å². The van der Waals surface area contributed by atoms with Crippen molar-refractivity contribution in [1.29, 1.82) is 0 Å². The molecule has 3 atom stereocenters. The summed E-state index contributed by atoms with van der Waals surface area (Å²) in [4.78, 5) is 12.4. The highest BCUT2D eigenvalue weighted by molar-refractivity contribution is 5.72. The lowest BCUT2D eigenvalue weighted by atomic mass is 9.44. The molecule has 0 spiro atoms. The number of rotatable bonds is 5. The maximum Gasteiger partial charge on any atom is 0.309 e. The summed E-state index contributed by atoms with van der Waals surface area (Å²) in [6.45, 7) is 8.30. The van der Waals surface area contributed by atoms with Crippen molar-refractivity contribution >= 4 is 5.97 Å². The van der Waals surface area contributed by atoms with Crippen LogP contribution in [0.1, 0.15) is 72.6 Å². The molecular formula is C19H32O3. The van der Waals surface area contributed by atoms with Gasteiger partial charge in [0.05, 0.1) is 11.5 Å². The van der Waals surface area contributed by atoms with Gasteiger partial charge in [-0.1, -0.05) is 13.8 Å². The minimum Gasteiger partial charge on any atom is -0.459 e. The van der Waals surface area contributed by atoms with Crippen molar-refractivity contribution in [3.63, 3.8) is 0 Å². The van der Waals surface area contributed by atoms with Gasteiger partial charge in [0.25, 0.3) is 0 Å². The molecule has 22 heavy (non-hydrogen) atoms. The zero-order valence-corrected chi connectivity index (χ0v) is 14.9. The zero-order valence-electron chi connectivity index (χ0n) is 14.9. The molecule has 3 unspecified atom stereocenters. The van der Waals surface area contributed by atoms with Crippen molar-refractivity contribution in [3.05, 3.63) is 0 Å². The van der Waals surface area contributed by atoms with Crippen LogP contribution in [0.4, 0.5) is 0 Å². The average Bonchev–Trinajstić information content (AvgIpc) is 2.44. The summed E-state index contributed by atoms with van der Waals surface area (Å²) in [6.07, 6.45) is 8.07. The van der Waals surface area contributed by atoms with Gasteiger partial charge >= 0.3 is 5.97 Å². The van der Waals surface area contributed by atoms with E-state index in [1.54, 1.807) is 0 Å². The van der Waals surface area contributed by atoms with Crippen molar-refractivity contribution in [2.24, 2.45) is 23.2 Å². The molecule has 3 heteroatoms. The summed E-state index contributed by atoms with van der Waals surface area (Å²) in [5, 5.41) is 0. The van der Waals surface area contributed by atoms with Gasteiger partial charge in [0.15, 0.2) is 0 Å². The van der Waals surface area contributed by atoms with Gasteiger partial charge in [-0.3, -0.25) is 4.79 Å². The molecular weight excluding hydrogens is 276 g/mol. The fourth-order valence-corrected chi connectivity index (χ4v) is 5.75. The molecule has 0 radical (unpaired) electrons. The quantitative estimate of drug-likeness (QED) is 0.709. The van der Waals surface area contributed by atoms with E-state index in [0.29, 0.717) is 0 Å². The highest BCUT2D eigenvalue weighted by Crippen LogP contribution is 2.66. The smallest absolute Gasteiger partial charge is 0.309 e. The van der Waals surface area contributed by atoms with Crippen LogP contribution in [0.5, 0.6) is 0 Å². The summed E-state index contributed by atoms with van der Waals surface area (Å²) in [5.74, 6) is 1.46. The molecule has 0 aromatic heterocycles. The van der Waals surface area contributed by atoms with Crippen molar-refractivity contribution in [2.45, 2.75) is 83.8 Å². The predicted molar refractivity (Wildman–Crippen MR) is 86.5 cm³/mol. The number of hydrogen-bond donors (Lipinski definition) is 0. The zero-order chi connectivity index (χ0) is 16.2. The molecule has 4 aliphatic rings. The number of esters is 1. The van der Waals surface area contributed by atoms with Crippen LogP contribution in [-0.2, 0) is 14.3 Å². The van der Waals surface area contributed by atoms with Gasteiger partial charge in [-0.15, -0.1) is 0 Å². The molecule has 4 bridgehead atoms. The molecule has 0 amide bonds. The second-order valence-corrected chi connectivity index (χ2v) is 8.87. The van der Waals surface area contributed by atoms with Crippen LogP contribution in [0.25, 0.3) is 0 Å². The van der Waals surface area contributed by atoms with E-state index in [1.807, 2.05) is 21.0 Å². The Morgan fingerprint density at radius 2 is 1.82 bits per heavy atom. The Morgan fingerprint density at radius 1 is 1.23 bits per heavy atom. The van der Waals surface area contributed by atoms with Crippen LogP contribution in [-0.4, -0.2) is 24.3 Å². The Balaban J connectivity index is 1.84. The van der Waals surface area contributed by atoms with Gasteiger partial charge in [-0.25, -0.2) is 0 Å². The van der Waals surface area contributed by atoms with Gasteiger partial charge in [0.1, 0.15) is 5.60 Å². The third kappa shape index (κ3) is 2.40. The molecule has 3 nitrogen and oxygen atoms in total. The van der Waals surface area contributed by atoms with E-state index in [4.69, 9.17) is 9.47 Å². The van der Waals surface area contributed by atoms with Crippen LogP contribution in [0, 0.1) is 23.2 Å². The molecule has 4 rings (SSSR count). The van der Waals surface area contributed by atoms with Gasteiger partial charge in [0, 0.05) is 12.5 Å². The highest BCUT2D eigenvalue weighted by atomic mass is 16.6. The van der Waals surface area contributed by atoms with Gasteiger partial charge in [-0.2, -0.15) is 0 Å². The Labute approximate surface area is 135 Å². The molecule has 4 fully saturated rings. The first-order chi connectivity index (χ1) is 10.2. The maximum absolute atomic E-state index is 12.4. The number of carbonyl (C=O) groups excluding carboxylic acids is 1. The van der Waals surface area contributed by atoms with Gasteiger partial charge < -0.3 is 9.47 Å². The molecule has 0 aromatic rings. The topological polar surface area (TPSA) is 35.5 Å². The summed E-state index contributed by atoms with van der Waals surface area (Å²) in [7, 11) is 1.87. The van der Waals surface area contributed by atoms with Crippen LogP contribution < -0.4 is 0 Å². The fraction of sp³-hybridized carbons (Fsp3) is 0.947. The third-order valence-corrected chi connectivity index (χ3v) is 7.09. The molecule has 126 valence electrons. The highest BCUT2D eigenvalue weighted by Gasteiger charge is 2.63. The molecule has 0 N–H and O–H groups in total. The van der Waals surface area contributed by atoms with Crippen molar-refractivity contribution in [1.82, 2.24) is 0 Å². The van der Waals surface area contributed by atoms with E-state index >= 15 is 0 Å². The normalized spacial score (nSPS) is 41.5. The lowest BCUT2D eigenvalue weighted by molar-refractivity contribution is -0.240. The Bertz CT molecular complexity index is 440. The summed E-state index contributed by atoms with van der Waals surface area (Å²) in [6, 6.07) is 0. The second-order valence-electron chi connectivity index (χ2n) is 8.87. The first kappa shape index (κ1) is 16.3. The van der Waals surface area contributed by atoms with Crippen LogP contribution >= 0.6 is 0 Å². The summed E-state index contributed by atoms with van der Waals surface area (Å²) >= 11 is 0. The first-order valence-corrected chi connectivity index (χ1v) is 9.03. The third-order valence-electron chi connectivity index (χ3n) is 7.09. The Kier molecular flexibility index (Phi) is 3.87. The Hall–Kier alpha value is -0.570. The molecule has 0 saturated heterocycles. The lowest BCUT2D eigenvalue weighted by Gasteiger charge is -2.65. The molecule has 0 heterocycles.